The van der Waals surface area contributed by atoms with Crippen molar-refractivity contribution in [2.75, 3.05) is 5.75 Å². The molecule has 0 bridgehead atoms. The van der Waals surface area contributed by atoms with E-state index in [1.165, 1.54) is 11.8 Å². The zero-order chi connectivity index (χ0) is 12.8. The number of thioether (sulfide) groups is 1. The molecule has 4 heteroatoms. The molecule has 0 unspecified atom stereocenters. The SMILES string of the molecule is Cc1cnc(SCCC(=O)c2ccccc2)nc1. The van der Waals surface area contributed by atoms with Crippen molar-refractivity contribution in [3.05, 3.63) is 53.9 Å². The fraction of sp³-hybridized carbons (Fsp3) is 0.214. The van der Waals surface area contributed by atoms with Crippen molar-refractivity contribution in [3.63, 3.8) is 0 Å². The molecule has 2 aromatic rings. The van der Waals surface area contributed by atoms with Crippen LogP contribution in [0.4, 0.5) is 0 Å². The van der Waals surface area contributed by atoms with Gasteiger partial charge in [-0.15, -0.1) is 0 Å². The summed E-state index contributed by atoms with van der Waals surface area (Å²) in [5, 5.41) is 0.724. The molecule has 0 N–H and O–H groups in total. The number of nitrogens with zero attached hydrogens (tertiary/aromatic N) is 2. The topological polar surface area (TPSA) is 42.9 Å². The van der Waals surface area contributed by atoms with Crippen molar-refractivity contribution >= 4 is 17.5 Å². The van der Waals surface area contributed by atoms with E-state index in [4.69, 9.17) is 0 Å². The standard InChI is InChI=1S/C14H14N2OS/c1-11-9-15-14(16-10-11)18-8-7-13(17)12-5-3-2-4-6-12/h2-6,9-10H,7-8H2,1H3. The number of carbonyl (C=O) groups is 1. The molecule has 0 radical (unpaired) electrons. The van der Waals surface area contributed by atoms with Gasteiger partial charge in [-0.25, -0.2) is 9.97 Å². The molecule has 0 spiro atoms. The Labute approximate surface area is 111 Å². The molecule has 1 aromatic carbocycles. The first-order valence-corrected chi connectivity index (χ1v) is 6.74. The smallest absolute Gasteiger partial charge is 0.187 e. The Balaban J connectivity index is 1.82. The first-order valence-electron chi connectivity index (χ1n) is 5.75. The normalized spacial score (nSPS) is 10.3. The van der Waals surface area contributed by atoms with Crippen LogP contribution in [0.15, 0.2) is 47.9 Å². The van der Waals surface area contributed by atoms with E-state index in [2.05, 4.69) is 9.97 Å². The third-order valence-electron chi connectivity index (χ3n) is 2.41. The lowest BCUT2D eigenvalue weighted by Crippen LogP contribution is -2.00. The fourth-order valence-corrected chi connectivity index (χ4v) is 2.18. The van der Waals surface area contributed by atoms with Gasteiger partial charge in [0, 0.05) is 30.1 Å². The second-order valence-electron chi connectivity index (χ2n) is 3.93. The Bertz CT molecular complexity index is 511. The van der Waals surface area contributed by atoms with Gasteiger partial charge in [0.2, 0.25) is 0 Å². The van der Waals surface area contributed by atoms with Crippen LogP contribution in [-0.2, 0) is 0 Å². The molecule has 0 fully saturated rings. The summed E-state index contributed by atoms with van der Waals surface area (Å²) in [6.07, 6.45) is 4.08. The first kappa shape index (κ1) is 12.8. The van der Waals surface area contributed by atoms with E-state index < -0.39 is 0 Å². The van der Waals surface area contributed by atoms with Crippen LogP contribution in [0.5, 0.6) is 0 Å². The number of Topliss-reactive ketones (excluding diaryl/α,β-unsaturated/α-hetero) is 1. The molecule has 0 aliphatic heterocycles. The molecular formula is C14H14N2OS. The van der Waals surface area contributed by atoms with E-state index in [1.54, 1.807) is 12.4 Å². The lowest BCUT2D eigenvalue weighted by molar-refractivity contribution is 0.0989. The Morgan fingerprint density at radius 2 is 1.83 bits per heavy atom. The van der Waals surface area contributed by atoms with Crippen LogP contribution in [0.25, 0.3) is 0 Å². The number of carbonyl (C=O) groups excluding carboxylic acids is 1. The van der Waals surface area contributed by atoms with Crippen LogP contribution < -0.4 is 0 Å². The third kappa shape index (κ3) is 3.67. The maximum absolute atomic E-state index is 11.8. The Morgan fingerprint density at radius 1 is 1.17 bits per heavy atom. The summed E-state index contributed by atoms with van der Waals surface area (Å²) in [6.45, 7) is 1.95. The van der Waals surface area contributed by atoms with Crippen molar-refractivity contribution in [2.24, 2.45) is 0 Å². The summed E-state index contributed by atoms with van der Waals surface area (Å²) in [4.78, 5) is 20.2. The van der Waals surface area contributed by atoms with E-state index in [0.29, 0.717) is 12.2 Å². The van der Waals surface area contributed by atoms with Crippen molar-refractivity contribution in [3.8, 4) is 0 Å². The van der Waals surface area contributed by atoms with Crippen molar-refractivity contribution in [1.82, 2.24) is 9.97 Å². The molecule has 18 heavy (non-hydrogen) atoms. The number of benzene rings is 1. The Hall–Kier alpha value is -1.68. The lowest BCUT2D eigenvalue weighted by Gasteiger charge is -2.01. The third-order valence-corrected chi connectivity index (χ3v) is 3.29. The summed E-state index contributed by atoms with van der Waals surface area (Å²) in [5.74, 6) is 0.867. The quantitative estimate of drug-likeness (QED) is 0.469. The minimum absolute atomic E-state index is 0.162. The molecule has 0 aliphatic rings. The highest BCUT2D eigenvalue weighted by molar-refractivity contribution is 7.99. The van der Waals surface area contributed by atoms with Crippen LogP contribution in [0, 0.1) is 6.92 Å². The summed E-state index contributed by atoms with van der Waals surface area (Å²) >= 11 is 1.51. The molecule has 92 valence electrons. The maximum Gasteiger partial charge on any atom is 0.187 e. The number of hydrogen-bond acceptors (Lipinski definition) is 4. The van der Waals surface area contributed by atoms with Gasteiger partial charge in [0.05, 0.1) is 0 Å². The average Bonchev–Trinajstić information content (AvgIpc) is 2.42. The molecular weight excluding hydrogens is 244 g/mol. The molecule has 3 nitrogen and oxygen atoms in total. The van der Waals surface area contributed by atoms with Gasteiger partial charge in [-0.05, 0) is 12.5 Å². The lowest BCUT2D eigenvalue weighted by atomic mass is 10.1. The Kier molecular flexibility index (Phi) is 4.47. The number of aryl methyl sites for hydroxylation is 1. The molecule has 1 heterocycles. The highest BCUT2D eigenvalue weighted by Gasteiger charge is 2.05. The van der Waals surface area contributed by atoms with Crippen LogP contribution >= 0.6 is 11.8 Å². The highest BCUT2D eigenvalue weighted by atomic mass is 32.2. The first-order chi connectivity index (χ1) is 8.75. The molecule has 0 saturated heterocycles. The van der Waals surface area contributed by atoms with Crippen LogP contribution in [0.1, 0.15) is 22.3 Å². The number of aromatic nitrogens is 2. The van der Waals surface area contributed by atoms with Gasteiger partial charge in [0.15, 0.2) is 10.9 Å². The van der Waals surface area contributed by atoms with E-state index in [9.17, 15) is 4.79 Å². The largest absolute Gasteiger partial charge is 0.294 e. The number of hydrogen-bond donors (Lipinski definition) is 0. The van der Waals surface area contributed by atoms with Crippen LogP contribution in [-0.4, -0.2) is 21.5 Å². The van der Waals surface area contributed by atoms with Crippen LogP contribution in [0.2, 0.25) is 0 Å². The summed E-state index contributed by atoms with van der Waals surface area (Å²) < 4.78 is 0. The second kappa shape index (κ2) is 6.31. The highest BCUT2D eigenvalue weighted by Crippen LogP contribution is 2.14. The zero-order valence-electron chi connectivity index (χ0n) is 10.2. The zero-order valence-corrected chi connectivity index (χ0v) is 11.0. The van der Waals surface area contributed by atoms with Gasteiger partial charge in [-0.2, -0.15) is 0 Å². The predicted octanol–water partition coefficient (Wildman–Crippen LogP) is 3.15. The average molecular weight is 258 g/mol. The minimum Gasteiger partial charge on any atom is -0.294 e. The maximum atomic E-state index is 11.8. The number of rotatable bonds is 5. The van der Waals surface area contributed by atoms with Gasteiger partial charge in [0.1, 0.15) is 0 Å². The Morgan fingerprint density at radius 3 is 2.50 bits per heavy atom. The van der Waals surface area contributed by atoms with E-state index in [0.717, 1.165) is 16.3 Å². The fourth-order valence-electron chi connectivity index (χ4n) is 1.46. The van der Waals surface area contributed by atoms with Gasteiger partial charge >= 0.3 is 0 Å². The minimum atomic E-state index is 0.162. The molecule has 0 saturated carbocycles. The molecule has 0 atom stereocenters. The van der Waals surface area contributed by atoms with Gasteiger partial charge in [-0.3, -0.25) is 4.79 Å². The van der Waals surface area contributed by atoms with E-state index >= 15 is 0 Å². The summed E-state index contributed by atoms with van der Waals surface area (Å²) in [6, 6.07) is 9.35. The van der Waals surface area contributed by atoms with Gasteiger partial charge in [-0.1, -0.05) is 42.1 Å². The van der Waals surface area contributed by atoms with Crippen molar-refractivity contribution in [2.45, 2.75) is 18.5 Å². The summed E-state index contributed by atoms with van der Waals surface area (Å²) in [7, 11) is 0. The second-order valence-corrected chi connectivity index (χ2v) is 4.99. The van der Waals surface area contributed by atoms with Crippen molar-refractivity contribution < 1.29 is 4.79 Å². The van der Waals surface area contributed by atoms with Crippen molar-refractivity contribution in [1.29, 1.82) is 0 Å². The number of ketones is 1. The summed E-state index contributed by atoms with van der Waals surface area (Å²) in [5.41, 5.74) is 1.81. The molecule has 0 aliphatic carbocycles. The monoisotopic (exact) mass is 258 g/mol. The van der Waals surface area contributed by atoms with E-state index in [1.807, 2.05) is 37.3 Å². The molecule has 2 rings (SSSR count). The molecule has 1 aromatic heterocycles. The van der Waals surface area contributed by atoms with Crippen LogP contribution in [0.3, 0.4) is 0 Å². The van der Waals surface area contributed by atoms with Gasteiger partial charge in [0.25, 0.3) is 0 Å². The van der Waals surface area contributed by atoms with Gasteiger partial charge < -0.3 is 0 Å². The van der Waals surface area contributed by atoms with E-state index in [-0.39, 0.29) is 5.78 Å². The predicted molar refractivity (Wildman–Crippen MR) is 72.9 cm³/mol. The molecule has 0 amide bonds.